The number of carbonyl (C=O) groups excluding carboxylic acids is 6. The Morgan fingerprint density at radius 1 is 0.873 bits per heavy atom. The van der Waals surface area contributed by atoms with Gasteiger partial charge in [0.05, 0.1) is 23.7 Å². The molecule has 0 fully saturated rings. The van der Waals surface area contributed by atoms with Crippen molar-refractivity contribution in [2.45, 2.75) is 72.1 Å². The molecule has 1 aliphatic heterocycles. The number of pyridine rings is 1. The summed E-state index contributed by atoms with van der Waals surface area (Å²) in [6, 6.07) is 13.1. The molecule has 0 spiro atoms. The van der Waals surface area contributed by atoms with Gasteiger partial charge in [-0.15, -0.1) is 11.3 Å². The average Bonchev–Trinajstić information content (AvgIpc) is 3.65. The zero-order chi connectivity index (χ0) is 40.0. The number of thiazole rings is 1. The summed E-state index contributed by atoms with van der Waals surface area (Å²) in [4.78, 5) is 94.0. The van der Waals surface area contributed by atoms with E-state index >= 15 is 0 Å². The summed E-state index contributed by atoms with van der Waals surface area (Å²) >= 11 is 1.18. The number of amides is 6. The number of nitrogens with zero attached hydrogens (tertiary/aromatic N) is 4. The fourth-order valence-electron chi connectivity index (χ4n) is 6.36. The number of rotatable bonds is 4. The Balaban J connectivity index is 1.53. The highest BCUT2D eigenvalue weighted by Gasteiger charge is 2.31. The Hall–Kier alpha value is -5.70. The first kappa shape index (κ1) is 40.5. The number of carbonyl (C=O) groups is 6. The molecule has 2 aromatic carbocycles. The predicted octanol–water partition coefficient (Wildman–Crippen LogP) is 3.09. The standard InChI is InChI=1S/C40H48N8O6S/c1-22(2)33-37(52)43-26(6)39(53)47(7)16-17-48(40(54)29-18-24(4)41-34-23(3)12-11-15-28(29)34)20-32(49)44-30(19-27-13-9-8-10-14-27)38-45-31(21-55-38)36(51)42-25(5)35(50)46-33/h8-15,18,21-22,25-26,30,33H,16-17,19-20H2,1-7H3,(H,42,51)(H,43,52)(H,44,49)(H,46,50)/t25-,26+,30-,33-/m0/s1. The van der Waals surface area contributed by atoms with E-state index in [1.807, 2.05) is 55.5 Å². The third kappa shape index (κ3) is 9.89. The maximum atomic E-state index is 14.5. The number of benzene rings is 2. The van der Waals surface area contributed by atoms with Crippen molar-refractivity contribution in [3.05, 3.63) is 93.1 Å². The Morgan fingerprint density at radius 2 is 1.60 bits per heavy atom. The van der Waals surface area contributed by atoms with Crippen LogP contribution in [0.15, 0.2) is 60.0 Å². The largest absolute Gasteiger partial charge is 0.345 e. The highest BCUT2D eigenvalue weighted by atomic mass is 32.1. The molecule has 6 amide bonds. The van der Waals surface area contributed by atoms with E-state index in [4.69, 9.17) is 0 Å². The highest BCUT2D eigenvalue weighted by molar-refractivity contribution is 7.09. The fraction of sp³-hybridized carbons (Fsp3) is 0.400. The van der Waals surface area contributed by atoms with Gasteiger partial charge in [-0.3, -0.25) is 33.8 Å². The van der Waals surface area contributed by atoms with Crippen molar-refractivity contribution in [3.8, 4) is 0 Å². The molecule has 0 unspecified atom stereocenters. The van der Waals surface area contributed by atoms with Gasteiger partial charge in [0, 0.05) is 36.6 Å². The molecule has 5 rings (SSSR count). The molecule has 0 radical (unpaired) electrons. The van der Waals surface area contributed by atoms with Crippen molar-refractivity contribution in [1.82, 2.24) is 41.0 Å². The maximum absolute atomic E-state index is 14.5. The van der Waals surface area contributed by atoms with E-state index < -0.39 is 59.6 Å². The second kappa shape index (κ2) is 17.6. The minimum Gasteiger partial charge on any atom is -0.345 e. The molecule has 0 aliphatic carbocycles. The van der Waals surface area contributed by atoms with Crippen LogP contribution in [0, 0.1) is 19.8 Å². The van der Waals surface area contributed by atoms with Crippen molar-refractivity contribution in [2.75, 3.05) is 26.7 Å². The van der Waals surface area contributed by atoms with E-state index in [2.05, 4.69) is 31.2 Å². The van der Waals surface area contributed by atoms with Gasteiger partial charge < -0.3 is 31.1 Å². The third-order valence-electron chi connectivity index (χ3n) is 9.49. The quantitative estimate of drug-likeness (QED) is 0.244. The van der Waals surface area contributed by atoms with Crippen LogP contribution in [0.25, 0.3) is 10.9 Å². The van der Waals surface area contributed by atoms with Crippen molar-refractivity contribution in [3.63, 3.8) is 0 Å². The highest BCUT2D eigenvalue weighted by Crippen LogP contribution is 2.25. The normalized spacial score (nSPS) is 21.1. The van der Waals surface area contributed by atoms with Gasteiger partial charge in [0.1, 0.15) is 28.8 Å². The van der Waals surface area contributed by atoms with Gasteiger partial charge in [-0.25, -0.2) is 4.98 Å². The minimum absolute atomic E-state index is 0.0165. The van der Waals surface area contributed by atoms with Crippen molar-refractivity contribution < 1.29 is 28.8 Å². The third-order valence-corrected chi connectivity index (χ3v) is 10.4. The SMILES string of the molecule is Cc1cc(C(=O)N2CCN(C)C(=O)[C@@H](C)NC(=O)[C@H](C(C)C)NC(=O)[C@H](C)NC(=O)c3csc(n3)[C@H](Cc3ccccc3)NC(=O)C2)c2cccc(C)c2n1. The van der Waals surface area contributed by atoms with Crippen molar-refractivity contribution >= 4 is 57.7 Å². The Bertz CT molecular complexity index is 2090. The minimum atomic E-state index is -1.03. The van der Waals surface area contributed by atoms with Crippen molar-refractivity contribution in [1.29, 1.82) is 0 Å². The molecule has 2 aromatic heterocycles. The summed E-state index contributed by atoms with van der Waals surface area (Å²) < 4.78 is 0. The average molecular weight is 769 g/mol. The van der Waals surface area contributed by atoms with Crippen LogP contribution in [0.3, 0.4) is 0 Å². The smallest absolute Gasteiger partial charge is 0.271 e. The Labute approximate surface area is 324 Å². The van der Waals surface area contributed by atoms with Crippen LogP contribution in [0.5, 0.6) is 0 Å². The van der Waals surface area contributed by atoms with Crippen LogP contribution < -0.4 is 21.3 Å². The summed E-state index contributed by atoms with van der Waals surface area (Å²) in [7, 11) is 1.56. The van der Waals surface area contributed by atoms with E-state index in [-0.39, 0.29) is 31.2 Å². The number of aromatic nitrogens is 2. The monoisotopic (exact) mass is 768 g/mol. The van der Waals surface area contributed by atoms with Gasteiger partial charge in [0.25, 0.3) is 11.8 Å². The second-order valence-electron chi connectivity index (χ2n) is 14.3. The first-order chi connectivity index (χ1) is 26.1. The lowest BCUT2D eigenvalue weighted by atomic mass is 10.0. The molecule has 2 bridgehead atoms. The summed E-state index contributed by atoms with van der Waals surface area (Å²) in [5.74, 6) is -3.46. The molecule has 3 heterocycles. The van der Waals surface area contributed by atoms with E-state index in [1.165, 1.54) is 35.0 Å². The number of fused-ring (bicyclic) bond motifs is 3. The molecule has 4 aromatic rings. The molecule has 4 N–H and O–H groups in total. The second-order valence-corrected chi connectivity index (χ2v) is 15.2. The summed E-state index contributed by atoms with van der Waals surface area (Å²) in [6.45, 7) is 9.93. The number of para-hydroxylation sites is 1. The number of likely N-dealkylation sites (N-methyl/N-ethyl adjacent to an activating group) is 1. The molecule has 15 heteroatoms. The van der Waals surface area contributed by atoms with Gasteiger partial charge in [-0.05, 0) is 57.2 Å². The van der Waals surface area contributed by atoms with E-state index in [0.717, 1.165) is 11.1 Å². The van der Waals surface area contributed by atoms with Gasteiger partial charge >= 0.3 is 0 Å². The lowest BCUT2D eigenvalue weighted by Gasteiger charge is -2.29. The topological polar surface area (TPSA) is 183 Å². The molecular weight excluding hydrogens is 721 g/mol. The molecule has 55 heavy (non-hydrogen) atoms. The molecular formula is C40H48N8O6S. The number of hydrogen-bond donors (Lipinski definition) is 4. The van der Waals surface area contributed by atoms with Crippen LogP contribution in [0.1, 0.15) is 76.4 Å². The van der Waals surface area contributed by atoms with E-state index in [0.29, 0.717) is 33.6 Å². The molecule has 4 atom stereocenters. The van der Waals surface area contributed by atoms with E-state index in [9.17, 15) is 28.8 Å². The summed E-state index contributed by atoms with van der Waals surface area (Å²) in [5, 5.41) is 13.7. The van der Waals surface area contributed by atoms with Gasteiger partial charge in [0.2, 0.25) is 23.6 Å². The molecule has 290 valence electrons. The number of hydrogen-bond acceptors (Lipinski definition) is 9. The zero-order valence-corrected chi connectivity index (χ0v) is 33.0. The number of aryl methyl sites for hydroxylation is 2. The Morgan fingerprint density at radius 3 is 2.31 bits per heavy atom. The van der Waals surface area contributed by atoms with Gasteiger partial charge in [-0.1, -0.05) is 62.4 Å². The van der Waals surface area contributed by atoms with Crippen LogP contribution in [0.2, 0.25) is 0 Å². The van der Waals surface area contributed by atoms with Crippen LogP contribution in [-0.4, -0.2) is 100 Å². The molecule has 1 aliphatic rings. The predicted molar refractivity (Wildman–Crippen MR) is 209 cm³/mol. The lowest BCUT2D eigenvalue weighted by Crippen LogP contribution is -2.57. The van der Waals surface area contributed by atoms with Crippen LogP contribution in [-0.2, 0) is 25.6 Å². The fourth-order valence-corrected chi connectivity index (χ4v) is 7.21. The van der Waals surface area contributed by atoms with Gasteiger partial charge in [-0.2, -0.15) is 0 Å². The van der Waals surface area contributed by atoms with Crippen LogP contribution in [0.4, 0.5) is 0 Å². The molecule has 0 saturated carbocycles. The maximum Gasteiger partial charge on any atom is 0.271 e. The first-order valence-corrected chi connectivity index (χ1v) is 19.1. The first-order valence-electron chi connectivity index (χ1n) is 18.2. The summed E-state index contributed by atoms with van der Waals surface area (Å²) in [5.41, 5.74) is 3.53. The lowest BCUT2D eigenvalue weighted by molar-refractivity contribution is -0.136. The molecule has 14 nitrogen and oxygen atoms in total. The Kier molecular flexibility index (Phi) is 13.0. The molecule has 0 saturated heterocycles. The van der Waals surface area contributed by atoms with Gasteiger partial charge in [0.15, 0.2) is 0 Å². The van der Waals surface area contributed by atoms with Crippen LogP contribution >= 0.6 is 11.3 Å². The number of nitrogens with one attached hydrogen (secondary N) is 4. The zero-order valence-electron chi connectivity index (χ0n) is 32.1. The van der Waals surface area contributed by atoms with Crippen molar-refractivity contribution in [2.24, 2.45) is 5.92 Å². The van der Waals surface area contributed by atoms with E-state index in [1.54, 1.807) is 39.3 Å². The summed E-state index contributed by atoms with van der Waals surface area (Å²) in [6.07, 6.45) is 0.341.